The standard InChI is InChI=1S/C14H10O5S.2C10H16N/c15-13(16)9-5-1-3-7-11(9)20(19)12-8-4-2-6-10(12)14(17)18;2*1-11(2,3)9-10-7-5-4-6-8-10/h1-8H,(H,15,16)(H,17,18);2*4-8H,9H2,1-3H3/q;2*+1/p-2. The van der Waals surface area contributed by atoms with Gasteiger partial charge in [-0.05, 0) is 12.1 Å². The number of carbonyl (C=O) groups excluding carboxylic acids is 2. The van der Waals surface area contributed by atoms with Gasteiger partial charge < -0.3 is 28.8 Å². The van der Waals surface area contributed by atoms with E-state index in [4.69, 9.17) is 0 Å². The highest BCUT2D eigenvalue weighted by atomic mass is 32.2. The molecule has 0 amide bonds. The quantitative estimate of drug-likeness (QED) is 0.294. The summed E-state index contributed by atoms with van der Waals surface area (Å²) in [7, 11) is 11.3. The maximum absolute atomic E-state index is 12.4. The minimum absolute atomic E-state index is 0.0128. The molecule has 42 heavy (non-hydrogen) atoms. The maximum atomic E-state index is 12.4. The number of carbonyl (C=O) groups is 2. The van der Waals surface area contributed by atoms with E-state index in [1.165, 1.54) is 59.7 Å². The molecule has 0 aliphatic heterocycles. The van der Waals surface area contributed by atoms with Gasteiger partial charge in [0.05, 0.1) is 74.8 Å². The molecule has 0 bridgehead atoms. The molecule has 4 aromatic carbocycles. The van der Waals surface area contributed by atoms with E-state index in [2.05, 4.69) is 103 Å². The Morgan fingerprint density at radius 2 is 0.810 bits per heavy atom. The number of hydrogen-bond acceptors (Lipinski definition) is 5. The molecule has 8 heteroatoms. The van der Waals surface area contributed by atoms with Crippen molar-refractivity contribution in [2.24, 2.45) is 0 Å². The van der Waals surface area contributed by atoms with Crippen molar-refractivity contribution in [1.29, 1.82) is 0 Å². The number of aromatic carboxylic acids is 2. The van der Waals surface area contributed by atoms with Gasteiger partial charge in [-0.15, -0.1) is 0 Å². The first kappa shape index (κ1) is 34.1. The molecule has 0 fully saturated rings. The molecule has 0 saturated carbocycles. The fourth-order valence-electron chi connectivity index (χ4n) is 3.97. The zero-order chi connectivity index (χ0) is 31.3. The zero-order valence-electron chi connectivity index (χ0n) is 25.2. The van der Waals surface area contributed by atoms with Crippen molar-refractivity contribution in [3.8, 4) is 0 Å². The molecule has 4 aromatic rings. The second-order valence-electron chi connectivity index (χ2n) is 11.7. The lowest BCUT2D eigenvalue weighted by atomic mass is 10.2. The number of rotatable bonds is 8. The van der Waals surface area contributed by atoms with Crippen LogP contribution in [0.4, 0.5) is 0 Å². The van der Waals surface area contributed by atoms with Crippen molar-refractivity contribution in [3.05, 3.63) is 131 Å². The fourth-order valence-corrected chi connectivity index (χ4v) is 5.32. The lowest BCUT2D eigenvalue weighted by Crippen LogP contribution is -2.33. The van der Waals surface area contributed by atoms with Crippen molar-refractivity contribution >= 4 is 22.7 Å². The summed E-state index contributed by atoms with van der Waals surface area (Å²) in [6.07, 6.45) is 0. The van der Waals surface area contributed by atoms with Crippen LogP contribution >= 0.6 is 0 Å². The Morgan fingerprint density at radius 3 is 1.10 bits per heavy atom. The molecular formula is C34H40N2O5S. The monoisotopic (exact) mass is 588 g/mol. The summed E-state index contributed by atoms with van der Waals surface area (Å²) in [5.41, 5.74) is 2.33. The normalized spacial score (nSPS) is 11.0. The number of carboxylic acids is 2. The van der Waals surface area contributed by atoms with E-state index < -0.39 is 22.7 Å². The Balaban J connectivity index is 0.000000239. The number of hydrogen-bond donors (Lipinski definition) is 0. The van der Waals surface area contributed by atoms with E-state index >= 15 is 0 Å². The largest absolute Gasteiger partial charge is 0.545 e. The Kier molecular flexibility index (Phi) is 12.8. The predicted molar refractivity (Wildman–Crippen MR) is 163 cm³/mol. The van der Waals surface area contributed by atoms with Gasteiger partial charge in [-0.3, -0.25) is 0 Å². The molecule has 0 unspecified atom stereocenters. The molecule has 4 rings (SSSR count). The van der Waals surface area contributed by atoms with E-state index in [-0.39, 0.29) is 20.9 Å². The van der Waals surface area contributed by atoms with Crippen LogP contribution in [0.5, 0.6) is 0 Å². The minimum Gasteiger partial charge on any atom is -0.545 e. The summed E-state index contributed by atoms with van der Waals surface area (Å²) in [5, 5.41) is 22.0. The van der Waals surface area contributed by atoms with E-state index in [0.717, 1.165) is 22.1 Å². The van der Waals surface area contributed by atoms with Crippen LogP contribution in [-0.4, -0.2) is 67.4 Å². The van der Waals surface area contributed by atoms with Gasteiger partial charge in [-0.2, -0.15) is 0 Å². The molecule has 0 N–H and O–H groups in total. The summed E-state index contributed by atoms with van der Waals surface area (Å²) >= 11 is 0. The van der Waals surface area contributed by atoms with Gasteiger partial charge in [0.1, 0.15) is 13.1 Å². The molecule has 0 saturated heterocycles. The highest BCUT2D eigenvalue weighted by Crippen LogP contribution is 2.22. The predicted octanol–water partition coefficient (Wildman–Crippen LogP) is 3.37. The zero-order valence-corrected chi connectivity index (χ0v) is 26.0. The highest BCUT2D eigenvalue weighted by Gasteiger charge is 2.16. The van der Waals surface area contributed by atoms with Crippen LogP contribution in [0, 0.1) is 0 Å². The minimum atomic E-state index is -1.95. The first-order chi connectivity index (χ1) is 19.7. The highest BCUT2D eigenvalue weighted by molar-refractivity contribution is 7.85. The molecule has 0 heterocycles. The van der Waals surface area contributed by atoms with Gasteiger partial charge in [0, 0.05) is 22.3 Å². The lowest BCUT2D eigenvalue weighted by Gasteiger charge is -2.23. The van der Waals surface area contributed by atoms with E-state index in [1.54, 1.807) is 0 Å². The van der Waals surface area contributed by atoms with Crippen molar-refractivity contribution in [2.45, 2.75) is 22.9 Å². The SMILES string of the molecule is C[N+](C)(C)Cc1ccccc1.C[N+](C)(C)Cc1ccccc1.O=C([O-])c1ccccc1S(=O)c1ccccc1C(=O)[O-]. The van der Waals surface area contributed by atoms with Crippen molar-refractivity contribution in [2.75, 3.05) is 42.3 Å². The van der Waals surface area contributed by atoms with E-state index in [9.17, 15) is 24.0 Å². The Bertz CT molecular complexity index is 1350. The summed E-state index contributed by atoms with van der Waals surface area (Å²) in [5.74, 6) is -2.94. The number of quaternary nitrogens is 2. The Labute approximate surface area is 251 Å². The average molecular weight is 589 g/mol. The number of carboxylic acid groups (broad SMARTS) is 2. The van der Waals surface area contributed by atoms with Crippen LogP contribution in [0.1, 0.15) is 31.8 Å². The van der Waals surface area contributed by atoms with Crippen LogP contribution in [0.2, 0.25) is 0 Å². The summed E-state index contributed by atoms with van der Waals surface area (Å²) in [6, 6.07) is 32.3. The number of nitrogens with zero attached hydrogens (tertiary/aromatic N) is 2. The van der Waals surface area contributed by atoms with Gasteiger partial charge in [0.25, 0.3) is 0 Å². The third-order valence-electron chi connectivity index (χ3n) is 5.61. The Hall–Kier alpha value is -4.11. The van der Waals surface area contributed by atoms with Crippen molar-refractivity contribution in [3.63, 3.8) is 0 Å². The van der Waals surface area contributed by atoms with Crippen molar-refractivity contribution in [1.82, 2.24) is 0 Å². The van der Waals surface area contributed by atoms with Crippen LogP contribution in [0.15, 0.2) is 119 Å². The van der Waals surface area contributed by atoms with Crippen LogP contribution < -0.4 is 10.2 Å². The fraction of sp³-hybridized carbons (Fsp3) is 0.235. The maximum Gasteiger partial charge on any atom is 0.104 e. The molecule has 0 spiro atoms. The molecule has 0 atom stereocenters. The van der Waals surface area contributed by atoms with E-state index in [1.807, 2.05) is 0 Å². The molecule has 0 radical (unpaired) electrons. The Morgan fingerprint density at radius 1 is 0.524 bits per heavy atom. The third-order valence-corrected chi connectivity index (χ3v) is 7.12. The smallest absolute Gasteiger partial charge is 0.104 e. The molecular weight excluding hydrogens is 548 g/mol. The van der Waals surface area contributed by atoms with Gasteiger partial charge in [0.2, 0.25) is 0 Å². The molecule has 0 aliphatic carbocycles. The molecule has 0 aromatic heterocycles. The van der Waals surface area contributed by atoms with Gasteiger partial charge in [-0.1, -0.05) is 97.1 Å². The van der Waals surface area contributed by atoms with E-state index in [0.29, 0.717) is 0 Å². The summed E-state index contributed by atoms with van der Waals surface area (Å²) in [6.45, 7) is 2.20. The topological polar surface area (TPSA) is 97.3 Å². The van der Waals surface area contributed by atoms with Gasteiger partial charge in [0.15, 0.2) is 0 Å². The van der Waals surface area contributed by atoms with Crippen LogP contribution in [0.3, 0.4) is 0 Å². The van der Waals surface area contributed by atoms with Crippen LogP contribution in [0.25, 0.3) is 0 Å². The van der Waals surface area contributed by atoms with Gasteiger partial charge >= 0.3 is 0 Å². The van der Waals surface area contributed by atoms with Gasteiger partial charge in [-0.25, -0.2) is 4.21 Å². The van der Waals surface area contributed by atoms with Crippen LogP contribution in [-0.2, 0) is 23.9 Å². The second-order valence-corrected chi connectivity index (χ2v) is 13.1. The summed E-state index contributed by atoms with van der Waals surface area (Å²) < 4.78 is 14.4. The summed E-state index contributed by atoms with van der Waals surface area (Å²) in [4.78, 5) is 22.0. The number of benzene rings is 4. The third kappa shape index (κ3) is 12.2. The molecule has 222 valence electrons. The lowest BCUT2D eigenvalue weighted by molar-refractivity contribution is -0.884. The first-order valence-corrected chi connectivity index (χ1v) is 14.5. The molecule has 0 aliphatic rings. The molecule has 7 nitrogen and oxygen atoms in total. The van der Waals surface area contributed by atoms with Crippen molar-refractivity contribution < 1.29 is 33.0 Å². The second kappa shape index (κ2) is 15.8. The average Bonchev–Trinajstić information content (AvgIpc) is 2.92. The first-order valence-electron chi connectivity index (χ1n) is 13.4.